The molecule has 0 aliphatic carbocycles. The number of aromatic nitrogens is 2. The van der Waals surface area contributed by atoms with E-state index in [2.05, 4.69) is 10.4 Å². The molecular weight excluding hydrogens is 330 g/mol. The molecule has 1 aromatic carbocycles. The topological polar surface area (TPSA) is 73.2 Å². The van der Waals surface area contributed by atoms with Crippen LogP contribution in [0.15, 0.2) is 41.2 Å². The second kappa shape index (κ2) is 8.61. The number of ether oxygens (including phenoxy) is 1. The van der Waals surface area contributed by atoms with E-state index in [1.54, 1.807) is 0 Å². The summed E-state index contributed by atoms with van der Waals surface area (Å²) in [7, 11) is 1.54. The van der Waals surface area contributed by atoms with Crippen molar-refractivity contribution < 1.29 is 9.53 Å². The average Bonchev–Trinajstić information content (AvgIpc) is 2.56. The number of benzene rings is 1. The van der Waals surface area contributed by atoms with Gasteiger partial charge in [0.15, 0.2) is 0 Å². The highest BCUT2D eigenvalue weighted by Gasteiger charge is 2.14. The first-order valence-corrected chi connectivity index (χ1v) is 8.00. The van der Waals surface area contributed by atoms with E-state index < -0.39 is 0 Å². The number of amides is 1. The molecule has 0 aliphatic rings. The van der Waals surface area contributed by atoms with Crippen LogP contribution in [0.4, 0.5) is 0 Å². The zero-order valence-electron chi connectivity index (χ0n) is 13.7. The molecule has 2 aromatic rings. The van der Waals surface area contributed by atoms with Gasteiger partial charge < -0.3 is 10.1 Å². The van der Waals surface area contributed by atoms with Gasteiger partial charge in [-0.1, -0.05) is 29.8 Å². The Morgan fingerprint density at radius 2 is 2.08 bits per heavy atom. The second-order valence-electron chi connectivity index (χ2n) is 5.44. The lowest BCUT2D eigenvalue weighted by molar-refractivity contribution is 0.0931. The molecule has 128 valence electrons. The van der Waals surface area contributed by atoms with Crippen LogP contribution in [0.3, 0.4) is 0 Å². The van der Waals surface area contributed by atoms with Crippen LogP contribution in [0.25, 0.3) is 0 Å². The minimum absolute atomic E-state index is 0.126. The molecule has 0 aliphatic heterocycles. The molecule has 1 amide bonds. The fraction of sp³-hybridized carbons (Fsp3) is 0.353. The standard InChI is InChI=1S/C17H20ClN3O3/c1-12(11-13-5-3-4-6-14(13)18)19-17(23)15-7-8-16(22)21(20-15)9-10-24-2/h3-8,12H,9-11H2,1-2H3,(H,19,23)/t12-/m1/s1. The number of methoxy groups -OCH3 is 1. The number of nitrogens with one attached hydrogen (secondary N) is 1. The van der Waals surface area contributed by atoms with Gasteiger partial charge in [0.05, 0.1) is 13.2 Å². The first-order valence-electron chi connectivity index (χ1n) is 7.62. The molecule has 1 N–H and O–H groups in total. The Kier molecular flexibility index (Phi) is 6.52. The van der Waals surface area contributed by atoms with Crippen LogP contribution in [0, 0.1) is 0 Å². The highest BCUT2D eigenvalue weighted by atomic mass is 35.5. The van der Waals surface area contributed by atoms with Crippen molar-refractivity contribution in [3.05, 3.63) is 63.0 Å². The minimum atomic E-state index is -0.333. The van der Waals surface area contributed by atoms with Gasteiger partial charge >= 0.3 is 0 Å². The summed E-state index contributed by atoms with van der Waals surface area (Å²) < 4.78 is 6.15. The summed E-state index contributed by atoms with van der Waals surface area (Å²) in [6, 6.07) is 10.1. The molecule has 0 radical (unpaired) electrons. The van der Waals surface area contributed by atoms with E-state index >= 15 is 0 Å². The number of hydrogen-bond donors (Lipinski definition) is 1. The Balaban J connectivity index is 2.03. The number of carbonyl (C=O) groups excluding carboxylic acids is 1. The van der Waals surface area contributed by atoms with Gasteiger partial charge in [0.2, 0.25) is 0 Å². The van der Waals surface area contributed by atoms with Crippen molar-refractivity contribution in [2.45, 2.75) is 25.9 Å². The Bertz CT molecular complexity index is 761. The molecule has 1 aromatic heterocycles. The molecular formula is C17H20ClN3O3. The molecule has 1 heterocycles. The third kappa shape index (κ3) is 4.91. The Labute approximate surface area is 145 Å². The maximum atomic E-state index is 12.3. The van der Waals surface area contributed by atoms with Crippen LogP contribution < -0.4 is 10.9 Å². The van der Waals surface area contributed by atoms with Crippen molar-refractivity contribution in [1.29, 1.82) is 0 Å². The van der Waals surface area contributed by atoms with Gasteiger partial charge in [0, 0.05) is 24.2 Å². The lowest BCUT2D eigenvalue weighted by Gasteiger charge is -2.15. The maximum absolute atomic E-state index is 12.3. The zero-order chi connectivity index (χ0) is 17.5. The summed E-state index contributed by atoms with van der Waals surface area (Å²) in [5.74, 6) is -0.333. The fourth-order valence-electron chi connectivity index (χ4n) is 2.25. The monoisotopic (exact) mass is 349 g/mol. The van der Waals surface area contributed by atoms with Gasteiger partial charge in [0.1, 0.15) is 5.69 Å². The van der Waals surface area contributed by atoms with E-state index in [1.807, 2.05) is 31.2 Å². The van der Waals surface area contributed by atoms with Crippen LogP contribution in [0.1, 0.15) is 23.0 Å². The Morgan fingerprint density at radius 1 is 1.33 bits per heavy atom. The summed E-state index contributed by atoms with van der Waals surface area (Å²) >= 11 is 6.13. The van der Waals surface area contributed by atoms with Crippen LogP contribution in [0.5, 0.6) is 0 Å². The minimum Gasteiger partial charge on any atom is -0.383 e. The van der Waals surface area contributed by atoms with E-state index in [-0.39, 0.29) is 23.2 Å². The van der Waals surface area contributed by atoms with E-state index in [4.69, 9.17) is 16.3 Å². The Hall–Kier alpha value is -2.18. The molecule has 0 spiro atoms. The number of halogens is 1. The number of rotatable bonds is 7. The number of hydrogen-bond acceptors (Lipinski definition) is 4. The third-order valence-electron chi connectivity index (χ3n) is 3.47. The summed E-state index contributed by atoms with van der Waals surface area (Å²) in [4.78, 5) is 24.0. The van der Waals surface area contributed by atoms with Crippen molar-refractivity contribution in [1.82, 2.24) is 15.1 Å². The van der Waals surface area contributed by atoms with Crippen LogP contribution in [0.2, 0.25) is 5.02 Å². The summed E-state index contributed by atoms with van der Waals surface area (Å²) in [6.45, 7) is 2.54. The average molecular weight is 350 g/mol. The predicted octanol–water partition coefficient (Wildman–Crippen LogP) is 1.90. The van der Waals surface area contributed by atoms with Gasteiger partial charge in [-0.05, 0) is 31.0 Å². The van der Waals surface area contributed by atoms with E-state index in [9.17, 15) is 9.59 Å². The molecule has 0 fully saturated rings. The van der Waals surface area contributed by atoms with Crippen molar-refractivity contribution in [3.63, 3.8) is 0 Å². The van der Waals surface area contributed by atoms with Gasteiger partial charge in [0.25, 0.3) is 11.5 Å². The van der Waals surface area contributed by atoms with Crippen LogP contribution >= 0.6 is 11.6 Å². The predicted molar refractivity (Wildman–Crippen MR) is 92.5 cm³/mol. The molecule has 1 atom stereocenters. The molecule has 0 bridgehead atoms. The van der Waals surface area contributed by atoms with Crippen molar-refractivity contribution in [2.24, 2.45) is 0 Å². The number of carbonyl (C=O) groups is 1. The third-order valence-corrected chi connectivity index (χ3v) is 3.84. The summed E-state index contributed by atoms with van der Waals surface area (Å²) in [6.07, 6.45) is 0.606. The number of nitrogens with zero attached hydrogens (tertiary/aromatic N) is 2. The second-order valence-corrected chi connectivity index (χ2v) is 5.85. The lowest BCUT2D eigenvalue weighted by atomic mass is 10.1. The molecule has 0 unspecified atom stereocenters. The van der Waals surface area contributed by atoms with Gasteiger partial charge in [-0.15, -0.1) is 0 Å². The van der Waals surface area contributed by atoms with Crippen molar-refractivity contribution in [3.8, 4) is 0 Å². The maximum Gasteiger partial charge on any atom is 0.271 e. The van der Waals surface area contributed by atoms with Crippen molar-refractivity contribution in [2.75, 3.05) is 13.7 Å². The molecule has 24 heavy (non-hydrogen) atoms. The van der Waals surface area contributed by atoms with E-state index in [1.165, 1.54) is 23.9 Å². The quantitative estimate of drug-likeness (QED) is 0.828. The highest BCUT2D eigenvalue weighted by Crippen LogP contribution is 2.16. The first kappa shape index (κ1) is 18.2. The highest BCUT2D eigenvalue weighted by molar-refractivity contribution is 6.31. The molecule has 0 saturated carbocycles. The van der Waals surface area contributed by atoms with Crippen LogP contribution in [-0.4, -0.2) is 35.4 Å². The van der Waals surface area contributed by atoms with Crippen molar-refractivity contribution >= 4 is 17.5 Å². The largest absolute Gasteiger partial charge is 0.383 e. The molecule has 6 nitrogen and oxygen atoms in total. The van der Waals surface area contributed by atoms with Gasteiger partial charge in [-0.3, -0.25) is 9.59 Å². The smallest absolute Gasteiger partial charge is 0.271 e. The van der Waals surface area contributed by atoms with E-state index in [0.717, 1.165) is 5.56 Å². The first-order chi connectivity index (χ1) is 11.5. The SMILES string of the molecule is COCCn1nc(C(=O)N[C@H](C)Cc2ccccc2Cl)ccc1=O. The Morgan fingerprint density at radius 3 is 2.79 bits per heavy atom. The molecule has 7 heteroatoms. The van der Waals surface area contributed by atoms with Gasteiger partial charge in [-0.2, -0.15) is 5.10 Å². The van der Waals surface area contributed by atoms with Crippen LogP contribution in [-0.2, 0) is 17.7 Å². The molecule has 2 rings (SSSR count). The zero-order valence-corrected chi connectivity index (χ0v) is 14.4. The summed E-state index contributed by atoms with van der Waals surface area (Å²) in [5, 5.41) is 7.61. The van der Waals surface area contributed by atoms with Gasteiger partial charge in [-0.25, -0.2) is 4.68 Å². The fourth-order valence-corrected chi connectivity index (χ4v) is 2.46. The summed E-state index contributed by atoms with van der Waals surface area (Å²) in [5.41, 5.74) is 0.884. The normalized spacial score (nSPS) is 12.0. The van der Waals surface area contributed by atoms with E-state index in [0.29, 0.717) is 24.6 Å². The molecule has 0 saturated heterocycles. The lowest BCUT2D eigenvalue weighted by Crippen LogP contribution is -2.36.